The van der Waals surface area contributed by atoms with Gasteiger partial charge in [-0.05, 0) is 56.0 Å². The lowest BCUT2D eigenvalue weighted by atomic mass is 10.0. The van der Waals surface area contributed by atoms with Crippen molar-refractivity contribution in [2.24, 2.45) is 5.92 Å². The molecule has 0 unspecified atom stereocenters. The van der Waals surface area contributed by atoms with E-state index in [-0.39, 0.29) is 30.8 Å². The molecule has 2 N–H and O–H groups in total. The third-order valence-electron chi connectivity index (χ3n) is 6.84. The van der Waals surface area contributed by atoms with Crippen LogP contribution in [0.5, 0.6) is 11.5 Å². The van der Waals surface area contributed by atoms with Gasteiger partial charge in [0.1, 0.15) is 29.0 Å². The number of nitrogens with one attached hydrogen (secondary N) is 2. The number of oxazole rings is 1. The summed E-state index contributed by atoms with van der Waals surface area (Å²) in [5.41, 5.74) is 1.36. The van der Waals surface area contributed by atoms with Crippen LogP contribution in [-0.4, -0.2) is 54.5 Å². The lowest BCUT2D eigenvalue weighted by Crippen LogP contribution is -2.51. The van der Waals surface area contributed by atoms with E-state index in [0.29, 0.717) is 55.0 Å². The Morgan fingerprint density at radius 1 is 1.15 bits per heavy atom. The number of ether oxygens (including phenoxy) is 2. The Kier molecular flexibility index (Phi) is 9.87. The Labute approximate surface area is 235 Å². The minimum absolute atomic E-state index is 0.107. The zero-order chi connectivity index (χ0) is 28.6. The van der Waals surface area contributed by atoms with Crippen LogP contribution in [0.2, 0.25) is 0 Å². The van der Waals surface area contributed by atoms with Crippen LogP contribution in [0, 0.1) is 12.8 Å². The van der Waals surface area contributed by atoms with E-state index in [1.807, 2.05) is 56.0 Å². The molecule has 3 heterocycles. The molecular weight excluding hydrogens is 512 g/mol. The van der Waals surface area contributed by atoms with E-state index in [1.165, 1.54) is 0 Å². The standard InChI is InChI=1S/C30H40N4O6/c1-6-8-22-10-11-23(40-22)17-34-13-7-14-38-26-15-21(9-12-25(26)37-5)30-32-24(20(4)39-30)16-31-29(36)28(19(2)3)33-27(35)18-34/h9-12,15,19,28H,6-8,13-14,16-18H2,1-5H3,(H,31,36)(H,33,35)/t28-/m0/s1. The molecule has 4 rings (SSSR count). The smallest absolute Gasteiger partial charge is 0.243 e. The first-order valence-corrected chi connectivity index (χ1v) is 13.9. The summed E-state index contributed by atoms with van der Waals surface area (Å²) in [5, 5.41) is 5.85. The first-order chi connectivity index (χ1) is 19.3. The number of carbonyl (C=O) groups is 2. The van der Waals surface area contributed by atoms with Crippen molar-refractivity contribution in [3.8, 4) is 23.0 Å². The van der Waals surface area contributed by atoms with Gasteiger partial charge in [0.25, 0.3) is 0 Å². The molecule has 40 heavy (non-hydrogen) atoms. The number of aromatic nitrogens is 1. The number of hydrogen-bond acceptors (Lipinski definition) is 8. The van der Waals surface area contributed by atoms with E-state index in [4.69, 9.17) is 18.3 Å². The quantitative estimate of drug-likeness (QED) is 0.466. The molecule has 4 bridgehead atoms. The number of aryl methyl sites for hydroxylation is 2. The molecule has 10 nitrogen and oxygen atoms in total. The summed E-state index contributed by atoms with van der Waals surface area (Å²) >= 11 is 0. The first-order valence-electron chi connectivity index (χ1n) is 13.9. The van der Waals surface area contributed by atoms with E-state index >= 15 is 0 Å². The number of rotatable bonds is 6. The topological polar surface area (TPSA) is 119 Å². The van der Waals surface area contributed by atoms with Crippen LogP contribution in [0.1, 0.15) is 56.6 Å². The number of furan rings is 1. The van der Waals surface area contributed by atoms with Crippen molar-refractivity contribution in [3.63, 3.8) is 0 Å². The average Bonchev–Trinajstić information content (AvgIpc) is 3.53. The fraction of sp³-hybridized carbons (Fsp3) is 0.500. The third-order valence-corrected chi connectivity index (χ3v) is 6.84. The molecule has 0 fully saturated rings. The number of hydrogen-bond donors (Lipinski definition) is 2. The SMILES string of the molecule is CCCc1ccc(CN2CCCOc3cc(ccc3OC)-c3nc(c(C)o3)CNC(=O)[C@H](C(C)C)NC(=O)C2)o1. The molecular formula is C30H40N4O6. The third kappa shape index (κ3) is 7.44. The monoisotopic (exact) mass is 552 g/mol. The molecule has 2 aromatic heterocycles. The zero-order valence-corrected chi connectivity index (χ0v) is 24.0. The number of benzene rings is 1. The fourth-order valence-electron chi connectivity index (χ4n) is 4.67. The minimum Gasteiger partial charge on any atom is -0.493 e. The van der Waals surface area contributed by atoms with Crippen molar-refractivity contribution in [1.82, 2.24) is 20.5 Å². The lowest BCUT2D eigenvalue weighted by Gasteiger charge is -2.25. The van der Waals surface area contributed by atoms with Crippen LogP contribution >= 0.6 is 0 Å². The molecule has 1 atom stereocenters. The van der Waals surface area contributed by atoms with Gasteiger partial charge in [-0.1, -0.05) is 20.8 Å². The second kappa shape index (κ2) is 13.5. The number of nitrogens with zero attached hydrogens (tertiary/aromatic N) is 2. The van der Waals surface area contributed by atoms with E-state index in [1.54, 1.807) is 7.11 Å². The first kappa shape index (κ1) is 29.2. The Hall–Kier alpha value is -3.79. The number of amides is 2. The molecule has 216 valence electrons. The van der Waals surface area contributed by atoms with Crippen LogP contribution in [0.3, 0.4) is 0 Å². The van der Waals surface area contributed by atoms with Crippen LogP contribution in [0.4, 0.5) is 0 Å². The Bertz CT molecular complexity index is 1300. The molecule has 0 saturated heterocycles. The predicted molar refractivity (Wildman–Crippen MR) is 150 cm³/mol. The lowest BCUT2D eigenvalue weighted by molar-refractivity contribution is -0.130. The molecule has 1 aromatic carbocycles. The largest absolute Gasteiger partial charge is 0.493 e. The Balaban J connectivity index is 1.59. The van der Waals surface area contributed by atoms with Crippen LogP contribution in [-0.2, 0) is 29.1 Å². The highest BCUT2D eigenvalue weighted by molar-refractivity contribution is 5.88. The van der Waals surface area contributed by atoms with Crippen molar-refractivity contribution in [1.29, 1.82) is 0 Å². The van der Waals surface area contributed by atoms with Crippen molar-refractivity contribution < 1.29 is 27.9 Å². The maximum absolute atomic E-state index is 13.2. The van der Waals surface area contributed by atoms with E-state index in [0.717, 1.165) is 29.9 Å². The summed E-state index contributed by atoms with van der Waals surface area (Å²) in [4.78, 5) is 32.9. The summed E-state index contributed by atoms with van der Waals surface area (Å²) in [6.45, 7) is 9.49. The predicted octanol–water partition coefficient (Wildman–Crippen LogP) is 4.25. The number of carbonyl (C=O) groups excluding carboxylic acids is 2. The average molecular weight is 553 g/mol. The highest BCUT2D eigenvalue weighted by Crippen LogP contribution is 2.33. The minimum atomic E-state index is -0.688. The van der Waals surface area contributed by atoms with Crippen LogP contribution < -0.4 is 20.1 Å². The second-order valence-corrected chi connectivity index (χ2v) is 10.4. The van der Waals surface area contributed by atoms with Gasteiger partial charge in [0.15, 0.2) is 11.5 Å². The second-order valence-electron chi connectivity index (χ2n) is 10.4. The summed E-state index contributed by atoms with van der Waals surface area (Å²) in [6.07, 6.45) is 2.52. The van der Waals surface area contributed by atoms with Gasteiger partial charge in [-0.25, -0.2) is 4.98 Å². The maximum Gasteiger partial charge on any atom is 0.243 e. The van der Waals surface area contributed by atoms with Gasteiger partial charge in [-0.15, -0.1) is 0 Å². The summed E-state index contributed by atoms with van der Waals surface area (Å²) in [7, 11) is 1.59. The van der Waals surface area contributed by atoms with Gasteiger partial charge in [-0.3, -0.25) is 14.5 Å². The molecule has 2 amide bonds. The molecule has 1 aliphatic rings. The Morgan fingerprint density at radius 3 is 2.70 bits per heavy atom. The normalized spacial score (nSPS) is 17.5. The van der Waals surface area contributed by atoms with Crippen molar-refractivity contribution in [3.05, 3.63) is 53.3 Å². The molecule has 1 aliphatic heterocycles. The molecule has 0 saturated carbocycles. The van der Waals surface area contributed by atoms with Crippen molar-refractivity contribution in [2.45, 2.75) is 66.1 Å². The van der Waals surface area contributed by atoms with E-state index < -0.39 is 6.04 Å². The Morgan fingerprint density at radius 2 is 1.95 bits per heavy atom. The van der Waals surface area contributed by atoms with Crippen LogP contribution in [0.25, 0.3) is 11.5 Å². The van der Waals surface area contributed by atoms with Gasteiger partial charge >= 0.3 is 0 Å². The van der Waals surface area contributed by atoms with Gasteiger partial charge in [0.2, 0.25) is 17.7 Å². The van der Waals surface area contributed by atoms with Gasteiger partial charge in [-0.2, -0.15) is 0 Å². The maximum atomic E-state index is 13.2. The molecule has 0 radical (unpaired) electrons. The van der Waals surface area contributed by atoms with Gasteiger partial charge in [0.05, 0.1) is 33.4 Å². The van der Waals surface area contributed by atoms with Gasteiger partial charge < -0.3 is 28.9 Å². The van der Waals surface area contributed by atoms with Crippen LogP contribution in [0.15, 0.2) is 39.2 Å². The summed E-state index contributed by atoms with van der Waals surface area (Å²) in [5.74, 6) is 3.33. The zero-order valence-electron chi connectivity index (χ0n) is 24.0. The van der Waals surface area contributed by atoms with Crippen molar-refractivity contribution >= 4 is 11.8 Å². The molecule has 10 heteroatoms. The number of fused-ring (bicyclic) bond motifs is 5. The molecule has 3 aromatic rings. The van der Waals surface area contributed by atoms with E-state index in [2.05, 4.69) is 22.5 Å². The number of methoxy groups -OCH3 is 1. The van der Waals surface area contributed by atoms with Gasteiger partial charge in [0, 0.05) is 18.5 Å². The van der Waals surface area contributed by atoms with E-state index in [9.17, 15) is 9.59 Å². The highest BCUT2D eigenvalue weighted by atomic mass is 16.5. The highest BCUT2D eigenvalue weighted by Gasteiger charge is 2.26. The molecule has 0 spiro atoms. The molecule has 0 aliphatic carbocycles. The summed E-state index contributed by atoms with van der Waals surface area (Å²) in [6, 6.07) is 8.78. The summed E-state index contributed by atoms with van der Waals surface area (Å²) < 4.78 is 23.5. The fourth-order valence-corrected chi connectivity index (χ4v) is 4.67. The van der Waals surface area contributed by atoms with Crippen molar-refractivity contribution in [2.75, 3.05) is 26.8 Å².